The maximum Gasteiger partial charge on any atom is 0.271 e. The third kappa shape index (κ3) is 3.34. The monoisotopic (exact) mass is 479 g/mol. The van der Waals surface area contributed by atoms with E-state index in [4.69, 9.17) is 4.84 Å². The van der Waals surface area contributed by atoms with E-state index in [0.717, 1.165) is 21.9 Å². The maximum atomic E-state index is 13.9. The van der Waals surface area contributed by atoms with Gasteiger partial charge in [0.2, 0.25) is 5.91 Å². The van der Waals surface area contributed by atoms with Gasteiger partial charge in [-0.2, -0.15) is 0 Å². The molecule has 2 amide bonds. The van der Waals surface area contributed by atoms with Gasteiger partial charge in [-0.25, -0.2) is 9.96 Å². The molecule has 178 valence electrons. The molecule has 0 aliphatic carbocycles. The molecule has 0 aromatic heterocycles. The van der Waals surface area contributed by atoms with E-state index in [-0.39, 0.29) is 11.6 Å². The highest BCUT2D eigenvalue weighted by Crippen LogP contribution is 2.48. The molecular formula is C28H21N3O5. The van der Waals surface area contributed by atoms with E-state index in [9.17, 15) is 19.7 Å². The van der Waals surface area contributed by atoms with Gasteiger partial charge in [0.1, 0.15) is 5.92 Å². The molecule has 0 bridgehead atoms. The quantitative estimate of drug-likeness (QED) is 0.230. The average molecular weight is 479 g/mol. The molecule has 2 heterocycles. The Balaban J connectivity index is 1.46. The summed E-state index contributed by atoms with van der Waals surface area (Å²) in [4.78, 5) is 45.9. The Morgan fingerprint density at radius 3 is 2.36 bits per heavy atom. The largest absolute Gasteiger partial charge is 0.273 e. The first-order chi connectivity index (χ1) is 17.4. The van der Waals surface area contributed by atoms with Crippen LogP contribution in [0.15, 0.2) is 91.0 Å². The zero-order valence-corrected chi connectivity index (χ0v) is 19.3. The molecular weight excluding hydrogens is 458 g/mol. The van der Waals surface area contributed by atoms with Crippen molar-refractivity contribution >= 4 is 39.6 Å². The number of benzene rings is 4. The third-order valence-corrected chi connectivity index (χ3v) is 6.84. The minimum atomic E-state index is -1.05. The van der Waals surface area contributed by atoms with Crippen molar-refractivity contribution in [3.63, 3.8) is 0 Å². The van der Waals surface area contributed by atoms with E-state index in [1.54, 1.807) is 18.2 Å². The molecule has 2 fully saturated rings. The zero-order valence-electron chi connectivity index (χ0n) is 19.3. The van der Waals surface area contributed by atoms with Crippen LogP contribution < -0.4 is 9.96 Å². The first kappa shape index (κ1) is 21.9. The van der Waals surface area contributed by atoms with Crippen molar-refractivity contribution in [2.45, 2.75) is 19.1 Å². The van der Waals surface area contributed by atoms with Crippen molar-refractivity contribution in [2.75, 3.05) is 9.96 Å². The summed E-state index contributed by atoms with van der Waals surface area (Å²) in [7, 11) is 0. The van der Waals surface area contributed by atoms with E-state index in [1.807, 2.05) is 67.6 Å². The summed E-state index contributed by atoms with van der Waals surface area (Å²) in [5.74, 6) is -1.63. The Morgan fingerprint density at radius 1 is 0.861 bits per heavy atom. The molecule has 2 aliphatic heterocycles. The first-order valence-corrected chi connectivity index (χ1v) is 11.6. The molecule has 4 aromatic carbocycles. The van der Waals surface area contributed by atoms with Gasteiger partial charge in [0.05, 0.1) is 22.3 Å². The number of non-ortho nitro benzene ring substituents is 1. The highest BCUT2D eigenvalue weighted by Gasteiger charge is 2.60. The number of nitro benzene ring substituents is 1. The normalized spacial score (nSPS) is 21.3. The zero-order chi connectivity index (χ0) is 25.0. The molecule has 3 atom stereocenters. The average Bonchev–Trinajstić information content (AvgIpc) is 3.40. The summed E-state index contributed by atoms with van der Waals surface area (Å²) in [6.45, 7) is 1.96. The predicted octanol–water partition coefficient (Wildman–Crippen LogP) is 5.11. The number of carbonyl (C=O) groups is 2. The van der Waals surface area contributed by atoms with Crippen molar-refractivity contribution < 1.29 is 19.3 Å². The predicted molar refractivity (Wildman–Crippen MR) is 134 cm³/mol. The molecule has 36 heavy (non-hydrogen) atoms. The van der Waals surface area contributed by atoms with Gasteiger partial charge in [0.15, 0.2) is 6.10 Å². The molecule has 0 saturated carbocycles. The van der Waals surface area contributed by atoms with Crippen molar-refractivity contribution in [3.05, 3.63) is 112 Å². The number of aryl methyl sites for hydroxylation is 1. The number of anilines is 2. The lowest BCUT2D eigenvalue weighted by molar-refractivity contribution is -0.384. The molecule has 8 nitrogen and oxygen atoms in total. The summed E-state index contributed by atoms with van der Waals surface area (Å²) in [5, 5.41) is 14.6. The SMILES string of the molecule is Cc1ccc([C@H]2[C@H]3C(=O)N(c4cccc5ccccc45)C(=O)[C@@H]3ON2c2cccc([N+](=O)[O-])c2)cc1. The Kier molecular flexibility index (Phi) is 5.05. The Morgan fingerprint density at radius 2 is 1.58 bits per heavy atom. The van der Waals surface area contributed by atoms with Crippen molar-refractivity contribution in [1.29, 1.82) is 0 Å². The number of rotatable bonds is 4. The second-order valence-electron chi connectivity index (χ2n) is 9.02. The van der Waals surface area contributed by atoms with E-state index < -0.39 is 28.9 Å². The van der Waals surface area contributed by atoms with Crippen molar-refractivity contribution in [1.82, 2.24) is 0 Å². The van der Waals surface area contributed by atoms with Gasteiger partial charge in [0, 0.05) is 17.5 Å². The lowest BCUT2D eigenvalue weighted by Gasteiger charge is -2.29. The van der Waals surface area contributed by atoms with E-state index >= 15 is 0 Å². The molecule has 8 heteroatoms. The number of nitro groups is 1. The van der Waals surface area contributed by atoms with Crippen LogP contribution in [0.2, 0.25) is 0 Å². The Hall–Kier alpha value is -4.56. The highest BCUT2D eigenvalue weighted by atomic mass is 16.7. The smallest absolute Gasteiger partial charge is 0.271 e. The van der Waals surface area contributed by atoms with Crippen LogP contribution in [0.1, 0.15) is 17.2 Å². The number of amides is 2. The van der Waals surface area contributed by atoms with Gasteiger partial charge in [0.25, 0.3) is 11.6 Å². The second-order valence-corrected chi connectivity index (χ2v) is 9.02. The number of carbonyl (C=O) groups excluding carboxylic acids is 2. The molecule has 4 aromatic rings. The minimum Gasteiger partial charge on any atom is -0.273 e. The summed E-state index contributed by atoms with van der Waals surface area (Å²) in [6.07, 6.45) is -1.05. The molecule has 0 N–H and O–H groups in total. The Labute approximate surface area is 206 Å². The standard InChI is InChI=1S/C28H21N3O5/c1-17-12-14-19(15-13-17)25-24-26(36-30(25)20-8-5-9-21(16-20)31(34)35)28(33)29(27(24)32)23-11-4-7-18-6-2-3-10-22(18)23/h2-16,24-26H,1H3/t24-,25+,26-/m1/s1. The second kappa shape index (κ2) is 8.28. The van der Waals surface area contributed by atoms with Gasteiger partial charge < -0.3 is 0 Å². The van der Waals surface area contributed by atoms with Crippen LogP contribution >= 0.6 is 0 Å². The topological polar surface area (TPSA) is 93.0 Å². The first-order valence-electron chi connectivity index (χ1n) is 11.6. The van der Waals surface area contributed by atoms with E-state index in [1.165, 1.54) is 22.1 Å². The van der Waals surface area contributed by atoms with Crippen LogP contribution in [0, 0.1) is 23.0 Å². The van der Waals surface area contributed by atoms with Crippen molar-refractivity contribution in [2.24, 2.45) is 5.92 Å². The summed E-state index contributed by atoms with van der Waals surface area (Å²) >= 11 is 0. The number of hydrogen-bond acceptors (Lipinski definition) is 6. The molecule has 0 radical (unpaired) electrons. The molecule has 2 aliphatic rings. The fourth-order valence-electron chi connectivity index (χ4n) is 5.13. The number of fused-ring (bicyclic) bond motifs is 2. The third-order valence-electron chi connectivity index (χ3n) is 6.84. The molecule has 0 unspecified atom stereocenters. The van der Waals surface area contributed by atoms with Gasteiger partial charge in [-0.3, -0.25) is 24.5 Å². The number of nitrogens with zero attached hydrogens (tertiary/aromatic N) is 3. The van der Waals surface area contributed by atoms with Crippen LogP contribution in [0.4, 0.5) is 17.1 Å². The van der Waals surface area contributed by atoms with Crippen LogP contribution in [0.5, 0.6) is 0 Å². The minimum absolute atomic E-state index is 0.106. The maximum absolute atomic E-state index is 13.9. The summed E-state index contributed by atoms with van der Waals surface area (Å²) < 4.78 is 0. The van der Waals surface area contributed by atoms with Crippen molar-refractivity contribution in [3.8, 4) is 0 Å². The van der Waals surface area contributed by atoms with Crippen LogP contribution in [0.25, 0.3) is 10.8 Å². The number of hydrogen-bond donors (Lipinski definition) is 0. The molecule has 2 saturated heterocycles. The summed E-state index contributed by atoms with van der Waals surface area (Å²) in [6, 6.07) is 26.1. The van der Waals surface area contributed by atoms with Crippen LogP contribution in [0.3, 0.4) is 0 Å². The number of hydroxylamine groups is 1. The summed E-state index contributed by atoms with van der Waals surface area (Å²) in [5.41, 5.74) is 2.64. The lowest BCUT2D eigenvalue weighted by Crippen LogP contribution is -2.37. The van der Waals surface area contributed by atoms with Gasteiger partial charge in [-0.1, -0.05) is 72.3 Å². The van der Waals surface area contributed by atoms with E-state index in [2.05, 4.69) is 0 Å². The van der Waals surface area contributed by atoms with E-state index in [0.29, 0.717) is 11.4 Å². The Bertz CT molecular complexity index is 1530. The fraction of sp³-hybridized carbons (Fsp3) is 0.143. The molecule has 6 rings (SSSR count). The van der Waals surface area contributed by atoms with Crippen LogP contribution in [-0.4, -0.2) is 22.8 Å². The molecule has 0 spiro atoms. The van der Waals surface area contributed by atoms with Gasteiger partial charge in [-0.15, -0.1) is 0 Å². The van der Waals surface area contributed by atoms with Gasteiger partial charge in [-0.05, 0) is 30.0 Å². The van der Waals surface area contributed by atoms with Gasteiger partial charge >= 0.3 is 0 Å². The van der Waals surface area contributed by atoms with Crippen LogP contribution in [-0.2, 0) is 14.4 Å². The lowest BCUT2D eigenvalue weighted by atomic mass is 9.90. The highest BCUT2D eigenvalue weighted by molar-refractivity contribution is 6.26. The number of imide groups is 1. The fourth-order valence-corrected chi connectivity index (χ4v) is 5.13.